The Balaban J connectivity index is 1.41. The van der Waals surface area contributed by atoms with E-state index in [0.717, 1.165) is 46.5 Å². The van der Waals surface area contributed by atoms with Gasteiger partial charge < -0.3 is 15.8 Å². The molecule has 1 amide bonds. The molecular formula is C21H24BrN5O2S. The van der Waals surface area contributed by atoms with Crippen molar-refractivity contribution in [1.82, 2.24) is 15.3 Å². The van der Waals surface area contributed by atoms with E-state index in [2.05, 4.69) is 37.3 Å². The summed E-state index contributed by atoms with van der Waals surface area (Å²) in [5.41, 5.74) is 7.87. The minimum absolute atomic E-state index is 0.00689. The van der Waals surface area contributed by atoms with Crippen molar-refractivity contribution >= 4 is 38.8 Å². The summed E-state index contributed by atoms with van der Waals surface area (Å²) in [4.78, 5) is 25.4. The number of rotatable bonds is 5. The molecule has 7 nitrogen and oxygen atoms in total. The molecule has 2 unspecified atom stereocenters. The normalized spacial score (nSPS) is 23.4. The number of halogens is 1. The van der Waals surface area contributed by atoms with E-state index in [1.165, 1.54) is 6.20 Å². The molecule has 1 spiro atoms. The van der Waals surface area contributed by atoms with Crippen LogP contribution in [0.15, 0.2) is 40.1 Å². The summed E-state index contributed by atoms with van der Waals surface area (Å²) >= 11 is 5.15. The number of hydrogen-bond acceptors (Lipinski definition) is 7. The molecule has 0 bridgehead atoms. The van der Waals surface area contributed by atoms with Crippen molar-refractivity contribution in [2.24, 2.45) is 10.7 Å². The molecular weight excluding hydrogens is 466 g/mol. The molecule has 0 fully saturated rings. The highest BCUT2D eigenvalue weighted by Gasteiger charge is 2.45. The molecule has 1 aromatic heterocycles. The Morgan fingerprint density at radius 1 is 1.43 bits per heavy atom. The zero-order valence-electron chi connectivity index (χ0n) is 16.9. The number of ether oxygens (including phenoxy) is 1. The number of nitrogens with zero attached hydrogens (tertiary/aromatic N) is 3. The van der Waals surface area contributed by atoms with Crippen LogP contribution in [0.2, 0.25) is 0 Å². The monoisotopic (exact) mass is 489 g/mol. The fraction of sp³-hybridized carbons (Fsp3) is 0.429. The fourth-order valence-corrected chi connectivity index (χ4v) is 5.19. The molecule has 2 aliphatic rings. The topological polar surface area (TPSA) is 102 Å². The predicted octanol–water partition coefficient (Wildman–Crippen LogP) is 3.55. The second-order valence-corrected chi connectivity index (χ2v) is 9.76. The van der Waals surface area contributed by atoms with Gasteiger partial charge in [-0.05, 0) is 44.9 Å². The van der Waals surface area contributed by atoms with E-state index in [0.29, 0.717) is 10.9 Å². The molecule has 2 aromatic rings. The third kappa shape index (κ3) is 4.46. The second kappa shape index (κ2) is 8.55. The van der Waals surface area contributed by atoms with E-state index >= 15 is 0 Å². The summed E-state index contributed by atoms with van der Waals surface area (Å²) in [5.74, 6) is 1.47. The highest BCUT2D eigenvalue weighted by atomic mass is 79.9. The molecule has 3 heterocycles. The van der Waals surface area contributed by atoms with Crippen LogP contribution in [0, 0.1) is 6.92 Å². The molecule has 3 N–H and O–H groups in total. The summed E-state index contributed by atoms with van der Waals surface area (Å²) in [5, 5.41) is 3.62. The van der Waals surface area contributed by atoms with Gasteiger partial charge in [0.25, 0.3) is 5.91 Å². The van der Waals surface area contributed by atoms with Gasteiger partial charge in [-0.15, -0.1) is 0 Å². The third-order valence-corrected chi connectivity index (χ3v) is 6.90. The molecule has 30 heavy (non-hydrogen) atoms. The lowest BCUT2D eigenvalue weighted by Crippen LogP contribution is -2.39. The van der Waals surface area contributed by atoms with Gasteiger partial charge in [0.2, 0.25) is 0 Å². The first kappa shape index (κ1) is 21.1. The van der Waals surface area contributed by atoms with Gasteiger partial charge in [0.05, 0.1) is 11.9 Å². The van der Waals surface area contributed by atoms with Crippen LogP contribution in [0.5, 0.6) is 5.75 Å². The number of aliphatic imine (C=N–C) groups is 1. The summed E-state index contributed by atoms with van der Waals surface area (Å²) in [6, 6.07) is 6.04. The molecule has 158 valence electrons. The number of amidine groups is 1. The Hall–Kier alpha value is -2.13. The van der Waals surface area contributed by atoms with Gasteiger partial charge in [-0.1, -0.05) is 27.7 Å². The van der Waals surface area contributed by atoms with Crippen molar-refractivity contribution in [3.05, 3.63) is 52.0 Å². The van der Waals surface area contributed by atoms with Crippen molar-refractivity contribution < 1.29 is 9.53 Å². The molecule has 3 atom stereocenters. The minimum atomic E-state index is -0.346. The number of thioether (sulfide) groups is 1. The first-order valence-electron chi connectivity index (χ1n) is 9.89. The first-order valence-corrected chi connectivity index (χ1v) is 11.7. The summed E-state index contributed by atoms with van der Waals surface area (Å²) in [6.45, 7) is 3.83. The molecule has 4 rings (SSSR count). The van der Waals surface area contributed by atoms with E-state index in [9.17, 15) is 4.79 Å². The van der Waals surface area contributed by atoms with E-state index in [4.69, 9.17) is 15.5 Å². The van der Waals surface area contributed by atoms with Gasteiger partial charge in [0, 0.05) is 34.4 Å². The number of benzene rings is 1. The Kier molecular flexibility index (Phi) is 6.02. The number of nitrogens with two attached hydrogens (primary N) is 1. The van der Waals surface area contributed by atoms with Gasteiger partial charge in [0.1, 0.15) is 23.1 Å². The molecule has 1 aromatic carbocycles. The average molecular weight is 490 g/mol. The quantitative estimate of drug-likeness (QED) is 0.665. The molecule has 0 saturated carbocycles. The smallest absolute Gasteiger partial charge is 0.271 e. The number of carbonyl (C=O) groups is 1. The van der Waals surface area contributed by atoms with Gasteiger partial charge in [-0.3, -0.25) is 14.8 Å². The van der Waals surface area contributed by atoms with E-state index < -0.39 is 0 Å². The van der Waals surface area contributed by atoms with Crippen molar-refractivity contribution in [3.63, 3.8) is 0 Å². The van der Waals surface area contributed by atoms with Gasteiger partial charge >= 0.3 is 0 Å². The van der Waals surface area contributed by atoms with Crippen molar-refractivity contribution in [2.45, 2.75) is 50.8 Å². The second-order valence-electron chi connectivity index (χ2n) is 7.85. The summed E-state index contributed by atoms with van der Waals surface area (Å²) in [6.07, 6.45) is 5.46. The predicted molar refractivity (Wildman–Crippen MR) is 122 cm³/mol. The van der Waals surface area contributed by atoms with Gasteiger partial charge in [-0.2, -0.15) is 0 Å². The summed E-state index contributed by atoms with van der Waals surface area (Å²) in [7, 11) is 0. The maximum Gasteiger partial charge on any atom is 0.271 e. The molecule has 0 aliphatic carbocycles. The number of nitrogens with one attached hydrogen (secondary N) is 1. The standard InChI is InChI=1S/C21H24BrN5O2S/c1-12(26-19(28)17-10-24-13(2)9-25-17)3-5-15-8-21(11-30-20(23)27-21)16-7-14(22)4-6-18(16)29-15/h4,6-7,9-10,12,15H,3,5,8,11H2,1-2H3,(H2,23,27)(H,26,28)/t12?,15-,21?/m0/s1. The van der Waals surface area contributed by atoms with Crippen molar-refractivity contribution in [1.29, 1.82) is 0 Å². The zero-order valence-corrected chi connectivity index (χ0v) is 19.3. The Morgan fingerprint density at radius 3 is 2.97 bits per heavy atom. The van der Waals surface area contributed by atoms with Crippen LogP contribution in [-0.2, 0) is 5.54 Å². The van der Waals surface area contributed by atoms with Crippen LogP contribution in [0.4, 0.5) is 0 Å². The Labute approximate surface area is 188 Å². The Bertz CT molecular complexity index is 984. The van der Waals surface area contributed by atoms with Crippen LogP contribution in [0.25, 0.3) is 0 Å². The largest absolute Gasteiger partial charge is 0.490 e. The van der Waals surface area contributed by atoms with Crippen LogP contribution >= 0.6 is 27.7 Å². The van der Waals surface area contributed by atoms with Crippen LogP contribution in [0.3, 0.4) is 0 Å². The number of fused-ring (bicyclic) bond motifs is 2. The van der Waals surface area contributed by atoms with E-state index in [-0.39, 0.29) is 23.6 Å². The number of aryl methyl sites for hydroxylation is 1. The lowest BCUT2D eigenvalue weighted by Gasteiger charge is -2.38. The molecule has 0 radical (unpaired) electrons. The maximum absolute atomic E-state index is 12.4. The van der Waals surface area contributed by atoms with Gasteiger partial charge in [-0.25, -0.2) is 4.98 Å². The molecule has 9 heteroatoms. The number of carbonyl (C=O) groups excluding carboxylic acids is 1. The molecule has 0 saturated heterocycles. The van der Waals surface area contributed by atoms with Crippen molar-refractivity contribution in [3.8, 4) is 5.75 Å². The lowest BCUT2D eigenvalue weighted by atomic mass is 9.82. The van der Waals surface area contributed by atoms with Crippen LogP contribution in [0.1, 0.15) is 47.9 Å². The number of hydrogen-bond donors (Lipinski definition) is 2. The zero-order chi connectivity index (χ0) is 21.3. The SMILES string of the molecule is Cc1cnc(C(=O)NC(C)CC[C@H]2CC3(CSC(N)=N3)c3cc(Br)ccc3O2)cn1. The van der Waals surface area contributed by atoms with Crippen LogP contribution in [-0.4, -0.2) is 38.9 Å². The third-order valence-electron chi connectivity index (χ3n) is 5.40. The highest BCUT2D eigenvalue weighted by Crippen LogP contribution is 2.48. The maximum atomic E-state index is 12.4. The number of amides is 1. The average Bonchev–Trinajstić information content (AvgIpc) is 3.08. The summed E-state index contributed by atoms with van der Waals surface area (Å²) < 4.78 is 7.29. The van der Waals surface area contributed by atoms with Gasteiger partial charge in [0.15, 0.2) is 5.17 Å². The number of aromatic nitrogens is 2. The first-order chi connectivity index (χ1) is 14.3. The molecule has 2 aliphatic heterocycles. The van der Waals surface area contributed by atoms with E-state index in [1.54, 1.807) is 18.0 Å². The minimum Gasteiger partial charge on any atom is -0.490 e. The van der Waals surface area contributed by atoms with Crippen LogP contribution < -0.4 is 15.8 Å². The Morgan fingerprint density at radius 2 is 2.27 bits per heavy atom. The lowest BCUT2D eigenvalue weighted by molar-refractivity contribution is 0.0917. The van der Waals surface area contributed by atoms with E-state index in [1.807, 2.05) is 26.0 Å². The van der Waals surface area contributed by atoms with Crippen molar-refractivity contribution in [2.75, 3.05) is 5.75 Å². The fourth-order valence-electron chi connectivity index (χ4n) is 3.86. The highest BCUT2D eigenvalue weighted by molar-refractivity contribution is 9.10.